The van der Waals surface area contributed by atoms with Crippen LogP contribution in [0.4, 0.5) is 32.8 Å². The van der Waals surface area contributed by atoms with Gasteiger partial charge >= 0.3 is 0 Å². The number of hydrogen-bond acceptors (Lipinski definition) is 4. The van der Waals surface area contributed by atoms with Crippen molar-refractivity contribution in [3.8, 4) is 54.3 Å². The van der Waals surface area contributed by atoms with Crippen LogP contribution >= 0.6 is 22.7 Å². The Labute approximate surface area is 804 Å². The molecule has 138 heavy (non-hydrogen) atoms. The van der Waals surface area contributed by atoms with E-state index < -0.39 is 0 Å². The van der Waals surface area contributed by atoms with Crippen LogP contribution in [0.1, 0.15) is 0 Å². The monoisotopic (exact) mass is 1780 g/mol. The summed E-state index contributed by atoms with van der Waals surface area (Å²) in [5.41, 5.74) is 14.1. The van der Waals surface area contributed by atoms with Crippen molar-refractivity contribution in [3.63, 3.8) is 0 Å². The lowest BCUT2D eigenvalue weighted by molar-refractivity contribution is 1.32. The van der Waals surface area contributed by atoms with Crippen molar-refractivity contribution in [3.05, 3.63) is 497 Å². The summed E-state index contributed by atoms with van der Waals surface area (Å²) >= 11 is 3.68. The molecule has 0 fully saturated rings. The molecular formula is C134H82N2S2. The number of rotatable bonds is 11. The SMILES string of the molecule is c1ccc2c(c1)c1ccccc1c1cc(-c3ccc(N(c4ccc(-c5ccc6c7ccccc7c7ccccc7c6c5)cc4)c4ccc(-c5ccc6c7ccccc7c7ccccc7c6c5)s4)cc3)ccc21.c1ccc2c(c1)c1ccccc1c1cc(-c3ccc(N(c4ccc5c6ccccc6c6ccccc6c5c4)c4ccc(-c5ccc6c7ccccc7c7ccccc7c6c5)s4)cc3)ccc21. The Kier molecular flexibility index (Phi) is 18.5. The Bertz CT molecular complexity index is 9710. The topological polar surface area (TPSA) is 6.48 Å². The molecule has 0 amide bonds. The molecule has 0 N–H and O–H groups in total. The zero-order valence-electron chi connectivity index (χ0n) is 75.1. The predicted molar refractivity (Wildman–Crippen MR) is 600 cm³/mol. The molecule has 29 rings (SSSR count). The maximum Gasteiger partial charge on any atom is 0.101 e. The smallest absolute Gasteiger partial charge is 0.101 e. The van der Waals surface area contributed by atoms with Gasteiger partial charge in [0.1, 0.15) is 10.0 Å². The van der Waals surface area contributed by atoms with Crippen molar-refractivity contribution >= 4 is 249 Å². The van der Waals surface area contributed by atoms with Crippen molar-refractivity contribution in [2.24, 2.45) is 0 Å². The molecule has 0 bridgehead atoms. The highest BCUT2D eigenvalue weighted by molar-refractivity contribution is 7.20. The molecule has 0 spiro atoms. The molecule has 0 radical (unpaired) electrons. The van der Waals surface area contributed by atoms with Crippen molar-refractivity contribution in [1.82, 2.24) is 0 Å². The summed E-state index contributed by atoms with van der Waals surface area (Å²) in [6.07, 6.45) is 0. The largest absolute Gasteiger partial charge is 0.302 e. The van der Waals surface area contributed by atoms with E-state index in [1.54, 1.807) is 0 Å². The van der Waals surface area contributed by atoms with Gasteiger partial charge in [-0.3, -0.25) is 0 Å². The van der Waals surface area contributed by atoms with Crippen LogP contribution in [-0.2, 0) is 0 Å². The molecule has 4 heteroatoms. The minimum Gasteiger partial charge on any atom is -0.302 e. The average Bonchev–Trinajstić information content (AvgIpc) is 1.58. The summed E-state index contributed by atoms with van der Waals surface area (Å²) in [5.74, 6) is 0. The maximum absolute atomic E-state index is 2.45. The number of nitrogens with zero attached hydrogens (tertiary/aromatic N) is 2. The van der Waals surface area contributed by atoms with Crippen LogP contribution in [0.3, 0.4) is 0 Å². The van der Waals surface area contributed by atoms with Gasteiger partial charge in [-0.1, -0.05) is 394 Å². The van der Waals surface area contributed by atoms with E-state index in [-0.39, 0.29) is 0 Å². The molecule has 0 saturated heterocycles. The van der Waals surface area contributed by atoms with Crippen LogP contribution in [0.25, 0.3) is 248 Å². The molecule has 0 aliphatic rings. The fourth-order valence-electron chi connectivity index (χ4n) is 22.8. The number of benzene rings is 27. The van der Waals surface area contributed by atoms with Crippen LogP contribution in [-0.4, -0.2) is 0 Å². The first-order chi connectivity index (χ1) is 68.4. The van der Waals surface area contributed by atoms with Gasteiger partial charge in [0.15, 0.2) is 0 Å². The minimum atomic E-state index is 1.11. The fourth-order valence-corrected chi connectivity index (χ4v) is 24.9. The van der Waals surface area contributed by atoms with Gasteiger partial charge in [0.2, 0.25) is 0 Å². The second-order valence-electron chi connectivity index (χ2n) is 36.7. The van der Waals surface area contributed by atoms with Gasteiger partial charge in [-0.25, -0.2) is 0 Å². The van der Waals surface area contributed by atoms with E-state index in [2.05, 4.69) is 507 Å². The van der Waals surface area contributed by atoms with Gasteiger partial charge in [-0.2, -0.15) is 0 Å². The quantitative estimate of drug-likeness (QED) is 0.119. The van der Waals surface area contributed by atoms with Crippen LogP contribution in [0.2, 0.25) is 0 Å². The summed E-state index contributed by atoms with van der Waals surface area (Å²) < 4.78 is 0. The summed E-state index contributed by atoms with van der Waals surface area (Å²) in [5, 5.41) is 48.6. The first kappa shape index (κ1) is 79.2. The summed E-state index contributed by atoms with van der Waals surface area (Å²) in [4.78, 5) is 7.34. The average molecular weight is 1780 g/mol. The fraction of sp³-hybridized carbons (Fsp3) is 0. The molecule has 0 unspecified atom stereocenters. The van der Waals surface area contributed by atoms with Crippen molar-refractivity contribution in [2.75, 3.05) is 9.80 Å². The third-order valence-corrected chi connectivity index (χ3v) is 31.5. The molecule has 0 aliphatic carbocycles. The number of fused-ring (bicyclic) bond motifs is 36. The van der Waals surface area contributed by atoms with Gasteiger partial charge in [-0.15, -0.1) is 22.7 Å². The molecule has 0 aliphatic heterocycles. The van der Waals surface area contributed by atoms with Gasteiger partial charge in [-0.05, 0) is 342 Å². The standard InChI is InChI=1S/C70H43NS.C64H39NS/c1-4-19-57-51(13-1)54-16-7-10-22-60(54)66-41-46(29-36-63(57)66)44-25-32-49(33-26-44)71(70-40-39-69(72-70)48-31-38-65-59-21-6-3-15-53(59)56-18-9-12-24-62(56)68(65)43-48)50-34-27-45(28-35-50)47-30-37-64-58-20-5-2-14-52(58)55-17-8-11-23-61(55)67(64)42-47;1-4-19-51-45(13-1)48-16-7-10-22-54(48)60-37-41(27-32-57(51)60)40-25-29-43(30-26-40)65(44-31-34-59-53-21-6-3-15-47(53)50-18-9-12-24-56(50)62(59)39-44)64-36-35-63(66-64)42-28-33-58-52-20-5-2-14-46(52)49-17-8-11-23-55(49)61(58)38-42/h1-43H;1-39H. The third kappa shape index (κ3) is 12.9. The van der Waals surface area contributed by atoms with E-state index in [0.717, 1.165) is 32.8 Å². The van der Waals surface area contributed by atoms with Crippen LogP contribution < -0.4 is 9.80 Å². The number of hydrogen-bond donors (Lipinski definition) is 0. The van der Waals surface area contributed by atoms with Crippen molar-refractivity contribution in [2.45, 2.75) is 0 Å². The highest BCUT2D eigenvalue weighted by Gasteiger charge is 2.24. The van der Waals surface area contributed by atoms with E-state index in [1.165, 1.54) is 248 Å². The second-order valence-corrected chi connectivity index (χ2v) is 38.8. The second kappa shape index (κ2) is 32.2. The van der Waals surface area contributed by atoms with E-state index in [4.69, 9.17) is 0 Å². The van der Waals surface area contributed by atoms with Crippen molar-refractivity contribution < 1.29 is 0 Å². The van der Waals surface area contributed by atoms with Crippen molar-refractivity contribution in [1.29, 1.82) is 0 Å². The Balaban J connectivity index is 0.000000137. The molecule has 0 atom stereocenters. The molecule has 27 aromatic carbocycles. The molecular weight excluding hydrogens is 1700 g/mol. The normalized spacial score (nSPS) is 11.9. The molecule has 640 valence electrons. The lowest BCUT2D eigenvalue weighted by Gasteiger charge is -2.25. The Morgan fingerprint density at radius 2 is 0.246 bits per heavy atom. The highest BCUT2D eigenvalue weighted by Crippen LogP contribution is 2.51. The minimum absolute atomic E-state index is 1.11. The first-order valence-electron chi connectivity index (χ1n) is 47.6. The molecule has 2 aromatic heterocycles. The highest BCUT2D eigenvalue weighted by atomic mass is 32.1. The molecule has 0 saturated carbocycles. The maximum atomic E-state index is 2.45. The first-order valence-corrected chi connectivity index (χ1v) is 49.2. The van der Waals surface area contributed by atoms with Gasteiger partial charge in [0, 0.05) is 32.5 Å². The Morgan fingerprint density at radius 1 is 0.101 bits per heavy atom. The Morgan fingerprint density at radius 3 is 0.457 bits per heavy atom. The van der Waals surface area contributed by atoms with Gasteiger partial charge < -0.3 is 9.80 Å². The van der Waals surface area contributed by atoms with E-state index in [9.17, 15) is 0 Å². The lowest BCUT2D eigenvalue weighted by atomic mass is 9.92. The zero-order chi connectivity index (χ0) is 90.6. The number of thiophene rings is 2. The van der Waals surface area contributed by atoms with Crippen LogP contribution in [0, 0.1) is 0 Å². The lowest BCUT2D eigenvalue weighted by Crippen LogP contribution is -2.08. The van der Waals surface area contributed by atoms with Crippen LogP contribution in [0.5, 0.6) is 0 Å². The molecule has 2 heterocycles. The van der Waals surface area contributed by atoms with E-state index >= 15 is 0 Å². The zero-order valence-corrected chi connectivity index (χ0v) is 76.7. The third-order valence-electron chi connectivity index (χ3n) is 29.3. The van der Waals surface area contributed by atoms with E-state index in [1.807, 2.05) is 22.7 Å². The Hall–Kier alpha value is -17.4. The predicted octanol–water partition coefficient (Wildman–Crippen LogP) is 39.5. The summed E-state index contributed by atoms with van der Waals surface area (Å²) in [7, 11) is 0. The van der Waals surface area contributed by atoms with Gasteiger partial charge in [0.25, 0.3) is 0 Å². The summed E-state index contributed by atoms with van der Waals surface area (Å²) in [6, 6.07) is 185. The van der Waals surface area contributed by atoms with Crippen LogP contribution in [0.15, 0.2) is 497 Å². The van der Waals surface area contributed by atoms with Gasteiger partial charge in [0.05, 0.1) is 0 Å². The van der Waals surface area contributed by atoms with E-state index in [0.29, 0.717) is 0 Å². The number of anilines is 6. The summed E-state index contributed by atoms with van der Waals surface area (Å²) in [6.45, 7) is 0. The molecule has 2 nitrogen and oxygen atoms in total. The molecule has 29 aromatic rings.